The van der Waals surface area contributed by atoms with Gasteiger partial charge in [-0.15, -0.1) is 0 Å². The van der Waals surface area contributed by atoms with E-state index in [-0.39, 0.29) is 21.7 Å². The van der Waals surface area contributed by atoms with Crippen molar-refractivity contribution in [3.8, 4) is 0 Å². The zero-order valence-corrected chi connectivity index (χ0v) is 16.7. The van der Waals surface area contributed by atoms with Crippen molar-refractivity contribution in [3.63, 3.8) is 0 Å². The van der Waals surface area contributed by atoms with Crippen LogP contribution < -0.4 is 4.48 Å². The summed E-state index contributed by atoms with van der Waals surface area (Å²) in [5, 5.41) is 0. The third-order valence-corrected chi connectivity index (χ3v) is 7.75. The molecular weight excluding hydrogens is 266 g/mol. The van der Waals surface area contributed by atoms with Gasteiger partial charge >= 0.3 is 0 Å². The highest BCUT2D eigenvalue weighted by molar-refractivity contribution is 5.61. The fourth-order valence-electron chi connectivity index (χ4n) is 4.49. The number of nitrogens with zero attached hydrogens (tertiary/aromatic N) is 1. The molecule has 0 atom stereocenters. The number of hydrogen-bond acceptors (Lipinski definition) is 0. The first-order valence-electron chi connectivity index (χ1n) is 8.56. The van der Waals surface area contributed by atoms with Gasteiger partial charge in [0.2, 0.25) is 0 Å². The summed E-state index contributed by atoms with van der Waals surface area (Å²) in [5.41, 5.74) is 5.24. The van der Waals surface area contributed by atoms with Crippen LogP contribution in [-0.4, -0.2) is 21.1 Å². The molecule has 0 saturated heterocycles. The second-order valence-corrected chi connectivity index (χ2v) is 10.2. The second kappa shape index (κ2) is 4.38. The van der Waals surface area contributed by atoms with Gasteiger partial charge < -0.3 is 0 Å². The summed E-state index contributed by atoms with van der Waals surface area (Å²) in [6.07, 6.45) is 0. The fraction of sp³-hybridized carbons (Fsp3) is 0.714. The van der Waals surface area contributed by atoms with Gasteiger partial charge in [0.1, 0.15) is 5.69 Å². The largest absolute Gasteiger partial charge is 0.298 e. The van der Waals surface area contributed by atoms with Crippen LogP contribution >= 0.6 is 0 Å². The Hall–Kier alpha value is -0.820. The maximum atomic E-state index is 2.46. The molecule has 0 aliphatic heterocycles. The number of quaternary nitrogens is 1. The van der Waals surface area contributed by atoms with Gasteiger partial charge in [0.15, 0.2) is 0 Å². The smallest absolute Gasteiger partial charge is 0.136 e. The van der Waals surface area contributed by atoms with Gasteiger partial charge in [0, 0.05) is 11.0 Å². The Kier molecular flexibility index (Phi) is 3.49. The predicted octanol–water partition coefficient (Wildman–Crippen LogP) is 5.50. The molecule has 0 amide bonds. The number of hydrogen-bond donors (Lipinski definition) is 0. The highest BCUT2D eigenvalue weighted by Crippen LogP contribution is 2.66. The SMILES string of the molecule is CC1(C)c2cccc([N+](C)(C)C)c2C(C)(C)C(C)(C)C1(C)C. The standard InChI is InChI=1S/C21H36N/c1-18(2)15-13-12-14-16(22(9,10)11)17(15)19(3,4)21(7,8)20(18,5)6/h12-14H,1-11H3/q+1. The Morgan fingerprint density at radius 1 is 0.682 bits per heavy atom. The van der Waals surface area contributed by atoms with Gasteiger partial charge in [-0.25, -0.2) is 0 Å². The van der Waals surface area contributed by atoms with Crippen LogP contribution in [0.2, 0.25) is 0 Å². The van der Waals surface area contributed by atoms with Crippen LogP contribution in [0.4, 0.5) is 5.69 Å². The molecule has 0 bridgehead atoms. The lowest BCUT2D eigenvalue weighted by Gasteiger charge is -2.64. The Morgan fingerprint density at radius 3 is 1.59 bits per heavy atom. The highest BCUT2D eigenvalue weighted by atomic mass is 15.3. The van der Waals surface area contributed by atoms with Crippen LogP contribution in [0.5, 0.6) is 0 Å². The first-order chi connectivity index (χ1) is 9.60. The predicted molar refractivity (Wildman–Crippen MR) is 99.6 cm³/mol. The fourth-order valence-corrected chi connectivity index (χ4v) is 4.49. The molecule has 0 unspecified atom stereocenters. The third kappa shape index (κ3) is 1.87. The third-order valence-electron chi connectivity index (χ3n) is 7.75. The Balaban J connectivity index is 2.98. The summed E-state index contributed by atoms with van der Waals surface area (Å²) in [6, 6.07) is 6.95. The van der Waals surface area contributed by atoms with E-state index in [1.807, 2.05) is 0 Å². The number of fused-ring (bicyclic) bond motifs is 1. The van der Waals surface area contributed by atoms with Crippen LogP contribution in [-0.2, 0) is 10.8 Å². The zero-order chi connectivity index (χ0) is 17.4. The minimum absolute atomic E-state index is 0.128. The van der Waals surface area contributed by atoms with Crippen LogP contribution in [0.3, 0.4) is 0 Å². The van der Waals surface area contributed by atoms with E-state index >= 15 is 0 Å². The van der Waals surface area contributed by atoms with Crippen LogP contribution in [0, 0.1) is 10.8 Å². The lowest BCUT2D eigenvalue weighted by Crippen LogP contribution is -2.60. The van der Waals surface area contributed by atoms with E-state index in [0.717, 1.165) is 4.48 Å². The van der Waals surface area contributed by atoms with Crippen molar-refractivity contribution in [1.29, 1.82) is 0 Å². The van der Waals surface area contributed by atoms with E-state index in [2.05, 4.69) is 94.7 Å². The maximum Gasteiger partial charge on any atom is 0.136 e. The molecule has 0 radical (unpaired) electrons. The van der Waals surface area contributed by atoms with E-state index in [0.29, 0.717) is 0 Å². The van der Waals surface area contributed by atoms with E-state index < -0.39 is 0 Å². The van der Waals surface area contributed by atoms with Gasteiger partial charge in [0.25, 0.3) is 0 Å². The van der Waals surface area contributed by atoms with Crippen molar-refractivity contribution < 1.29 is 0 Å². The zero-order valence-electron chi connectivity index (χ0n) is 16.7. The van der Waals surface area contributed by atoms with Gasteiger partial charge in [-0.3, -0.25) is 4.48 Å². The lowest BCUT2D eigenvalue weighted by atomic mass is 9.40. The average Bonchev–Trinajstić information content (AvgIpc) is 2.34. The van der Waals surface area contributed by atoms with Crippen molar-refractivity contribution in [2.24, 2.45) is 10.8 Å². The van der Waals surface area contributed by atoms with Crippen molar-refractivity contribution in [3.05, 3.63) is 29.3 Å². The molecule has 0 aromatic heterocycles. The monoisotopic (exact) mass is 302 g/mol. The molecule has 1 aromatic carbocycles. The van der Waals surface area contributed by atoms with E-state index in [1.165, 1.54) is 11.3 Å². The molecule has 1 aliphatic rings. The van der Waals surface area contributed by atoms with E-state index in [1.54, 1.807) is 5.56 Å². The summed E-state index contributed by atoms with van der Waals surface area (Å²) in [6.45, 7) is 19.6. The molecule has 0 spiro atoms. The molecule has 1 heteroatoms. The van der Waals surface area contributed by atoms with Gasteiger partial charge in [-0.2, -0.15) is 0 Å². The normalized spacial score (nSPS) is 24.7. The van der Waals surface area contributed by atoms with Crippen molar-refractivity contribution in [1.82, 2.24) is 4.48 Å². The first-order valence-corrected chi connectivity index (χ1v) is 8.56. The molecule has 22 heavy (non-hydrogen) atoms. The van der Waals surface area contributed by atoms with E-state index in [4.69, 9.17) is 0 Å². The minimum Gasteiger partial charge on any atom is -0.298 e. The summed E-state index contributed by atoms with van der Waals surface area (Å²) in [5.74, 6) is 0. The Bertz CT molecular complexity index is 595. The van der Waals surface area contributed by atoms with Crippen LogP contribution in [0.1, 0.15) is 66.5 Å². The summed E-state index contributed by atoms with van der Waals surface area (Å²) >= 11 is 0. The quantitative estimate of drug-likeness (QED) is 0.600. The van der Waals surface area contributed by atoms with E-state index in [9.17, 15) is 0 Å². The van der Waals surface area contributed by atoms with Gasteiger partial charge in [-0.05, 0) is 27.9 Å². The molecule has 0 saturated carbocycles. The molecule has 0 heterocycles. The van der Waals surface area contributed by atoms with Crippen LogP contribution in [0.25, 0.3) is 0 Å². The maximum absolute atomic E-state index is 2.46. The molecule has 0 fully saturated rings. The molecular formula is C21H36N+. The minimum atomic E-state index is 0.128. The lowest BCUT2D eigenvalue weighted by molar-refractivity contribution is -0.0443. The van der Waals surface area contributed by atoms with Crippen molar-refractivity contribution >= 4 is 5.69 Å². The molecule has 1 nitrogen and oxygen atoms in total. The van der Waals surface area contributed by atoms with Gasteiger partial charge in [0.05, 0.1) is 21.1 Å². The average molecular weight is 303 g/mol. The Morgan fingerprint density at radius 2 is 1.14 bits per heavy atom. The summed E-state index contributed by atoms with van der Waals surface area (Å²) in [7, 11) is 6.85. The Labute approximate surface area is 138 Å². The topological polar surface area (TPSA) is 0 Å². The summed E-state index contributed by atoms with van der Waals surface area (Å²) in [4.78, 5) is 0. The molecule has 2 rings (SSSR count). The number of benzene rings is 1. The summed E-state index contributed by atoms with van der Waals surface area (Å²) < 4.78 is 0.874. The number of rotatable bonds is 1. The van der Waals surface area contributed by atoms with Crippen molar-refractivity contribution in [2.45, 2.75) is 66.2 Å². The molecule has 0 N–H and O–H groups in total. The highest BCUT2D eigenvalue weighted by Gasteiger charge is 2.61. The second-order valence-electron chi connectivity index (χ2n) is 10.2. The molecule has 1 aliphatic carbocycles. The van der Waals surface area contributed by atoms with Crippen molar-refractivity contribution in [2.75, 3.05) is 21.1 Å². The first kappa shape index (κ1) is 17.5. The van der Waals surface area contributed by atoms with Crippen LogP contribution in [0.15, 0.2) is 18.2 Å². The molecule has 1 aromatic rings. The molecule has 124 valence electrons. The van der Waals surface area contributed by atoms with Gasteiger partial charge in [-0.1, -0.05) is 67.5 Å².